The summed E-state index contributed by atoms with van der Waals surface area (Å²) in [5, 5.41) is 12.3. The van der Waals surface area contributed by atoms with E-state index in [0.29, 0.717) is 28.9 Å². The SMILES string of the molecule is COc1cc2nn(C3CCC(CN4CCN(C5CCN(c6ccc7c(c6)C(=O)N(N6CCC(=O)NC6=O)C7=O)CC5)CC4)CC3)cc2cc1NC(=O)c1cccc(C(F)(F)F)n1. The Bertz CT molecular complexity index is 2420. The third-order valence-electron chi connectivity index (χ3n) is 12.9. The third kappa shape index (κ3) is 8.17. The van der Waals surface area contributed by atoms with Crippen molar-refractivity contribution < 1.29 is 41.9 Å². The maximum Gasteiger partial charge on any atom is 0.433 e. The molecule has 6 heterocycles. The highest BCUT2D eigenvalue weighted by Gasteiger charge is 2.43. The van der Waals surface area contributed by atoms with Crippen LogP contribution in [0.5, 0.6) is 5.75 Å². The molecule has 4 fully saturated rings. The van der Waals surface area contributed by atoms with Crippen LogP contribution in [0.4, 0.5) is 29.3 Å². The van der Waals surface area contributed by atoms with Gasteiger partial charge >= 0.3 is 12.2 Å². The van der Waals surface area contributed by atoms with Gasteiger partial charge < -0.3 is 19.9 Å². The number of carbonyl (C=O) groups excluding carboxylic acids is 5. The summed E-state index contributed by atoms with van der Waals surface area (Å²) in [4.78, 5) is 74.3. The largest absolute Gasteiger partial charge is 0.494 e. The minimum absolute atomic E-state index is 0.0106. The van der Waals surface area contributed by atoms with Crippen molar-refractivity contribution >= 4 is 51.9 Å². The van der Waals surface area contributed by atoms with E-state index in [1.807, 2.05) is 16.9 Å². The number of alkyl halides is 3. The fourth-order valence-corrected chi connectivity index (χ4v) is 9.57. The number of aromatic nitrogens is 3. The lowest BCUT2D eigenvalue weighted by molar-refractivity contribution is -0.141. The van der Waals surface area contributed by atoms with Crippen LogP contribution in [0, 0.1) is 5.92 Å². The van der Waals surface area contributed by atoms with Gasteiger partial charge in [-0.25, -0.2) is 14.8 Å². The summed E-state index contributed by atoms with van der Waals surface area (Å²) in [6.45, 7) is 6.77. The lowest BCUT2D eigenvalue weighted by atomic mass is 9.85. The molecule has 62 heavy (non-hydrogen) atoms. The monoisotopic (exact) mass is 856 g/mol. The molecule has 6 amide bonds. The number of ether oxygens (including phenoxy) is 1. The Morgan fingerprint density at radius 2 is 1.60 bits per heavy atom. The Hall–Kier alpha value is -6.08. The predicted molar refractivity (Wildman–Crippen MR) is 220 cm³/mol. The lowest BCUT2D eigenvalue weighted by Crippen LogP contribution is -2.58. The van der Waals surface area contributed by atoms with Crippen molar-refractivity contribution in [3.05, 3.63) is 77.2 Å². The highest BCUT2D eigenvalue weighted by molar-refractivity contribution is 6.22. The fraction of sp³-hybridized carbons (Fsp3) is 0.465. The number of nitrogens with zero attached hydrogens (tertiary/aromatic N) is 8. The van der Waals surface area contributed by atoms with Crippen LogP contribution in [0.25, 0.3) is 10.9 Å². The molecular weight excluding hydrogens is 810 g/mol. The number of hydrogen-bond acceptors (Lipinski definition) is 11. The number of nitrogens with one attached hydrogen (secondary N) is 2. The van der Waals surface area contributed by atoms with Gasteiger partial charge in [0.05, 0.1) is 42.0 Å². The normalized spacial score (nSPS) is 22.0. The summed E-state index contributed by atoms with van der Waals surface area (Å²) in [7, 11) is 1.46. The molecular formula is C43H47F3N10O6. The molecule has 19 heteroatoms. The molecule has 1 aliphatic carbocycles. The Labute approximate surface area is 354 Å². The van der Waals surface area contributed by atoms with Crippen LogP contribution < -0.4 is 20.3 Å². The zero-order valence-electron chi connectivity index (χ0n) is 34.2. The molecule has 9 rings (SSSR count). The summed E-state index contributed by atoms with van der Waals surface area (Å²) in [5.74, 6) is -1.41. The number of amides is 6. The Kier molecular flexibility index (Phi) is 11.1. The second-order valence-corrected chi connectivity index (χ2v) is 16.7. The van der Waals surface area contributed by atoms with Crippen molar-refractivity contribution in [3.63, 3.8) is 0 Å². The van der Waals surface area contributed by atoms with Gasteiger partial charge in [-0.3, -0.25) is 34.1 Å². The first-order valence-electron chi connectivity index (χ1n) is 21.1. The fourth-order valence-electron chi connectivity index (χ4n) is 9.57. The molecule has 5 aliphatic rings. The number of rotatable bonds is 9. The number of methoxy groups -OCH3 is 1. The molecule has 0 bridgehead atoms. The highest BCUT2D eigenvalue weighted by Crippen LogP contribution is 2.37. The number of hydrazine groups is 1. The van der Waals surface area contributed by atoms with E-state index in [1.165, 1.54) is 13.2 Å². The van der Waals surface area contributed by atoms with Crippen molar-refractivity contribution in [2.24, 2.45) is 5.92 Å². The summed E-state index contributed by atoms with van der Waals surface area (Å²) >= 11 is 0. The zero-order valence-corrected chi connectivity index (χ0v) is 34.2. The number of piperidine rings is 1. The average Bonchev–Trinajstić information content (AvgIpc) is 3.80. The van der Waals surface area contributed by atoms with Crippen LogP contribution in [-0.4, -0.2) is 130 Å². The van der Waals surface area contributed by atoms with E-state index >= 15 is 0 Å². The van der Waals surface area contributed by atoms with E-state index in [1.54, 1.807) is 24.3 Å². The molecule has 2 aromatic heterocycles. The average molecular weight is 857 g/mol. The van der Waals surface area contributed by atoms with E-state index in [2.05, 4.69) is 30.3 Å². The number of anilines is 2. The van der Waals surface area contributed by atoms with Gasteiger partial charge in [0.1, 0.15) is 17.1 Å². The van der Waals surface area contributed by atoms with Crippen LogP contribution in [0.3, 0.4) is 0 Å². The molecule has 2 N–H and O–H groups in total. The quantitative estimate of drug-likeness (QED) is 0.213. The molecule has 4 aliphatic heterocycles. The molecule has 0 unspecified atom stereocenters. The van der Waals surface area contributed by atoms with Crippen molar-refractivity contribution in [3.8, 4) is 5.75 Å². The highest BCUT2D eigenvalue weighted by atomic mass is 19.4. The van der Waals surface area contributed by atoms with Crippen molar-refractivity contribution in [2.75, 3.05) is 69.7 Å². The minimum atomic E-state index is -4.67. The second kappa shape index (κ2) is 16.7. The lowest BCUT2D eigenvalue weighted by Gasteiger charge is -2.44. The topological polar surface area (TPSA) is 166 Å². The minimum Gasteiger partial charge on any atom is -0.494 e. The number of benzene rings is 2. The van der Waals surface area contributed by atoms with Crippen LogP contribution in [-0.2, 0) is 11.0 Å². The number of halogens is 3. The van der Waals surface area contributed by atoms with Crippen LogP contribution >= 0.6 is 0 Å². The number of imide groups is 2. The number of carbonyl (C=O) groups is 5. The maximum atomic E-state index is 13.3. The van der Waals surface area contributed by atoms with Crippen molar-refractivity contribution in [2.45, 2.75) is 63.2 Å². The van der Waals surface area contributed by atoms with Crippen LogP contribution in [0.2, 0.25) is 0 Å². The third-order valence-corrected chi connectivity index (χ3v) is 12.9. The zero-order chi connectivity index (χ0) is 43.3. The molecule has 0 atom stereocenters. The van der Waals surface area contributed by atoms with E-state index in [9.17, 15) is 37.1 Å². The summed E-state index contributed by atoms with van der Waals surface area (Å²) in [6.07, 6.45) is 3.43. The van der Waals surface area contributed by atoms with Gasteiger partial charge in [0.25, 0.3) is 17.7 Å². The molecule has 0 radical (unpaired) electrons. The molecule has 2 aromatic carbocycles. The number of piperazine rings is 1. The van der Waals surface area contributed by atoms with Gasteiger partial charge in [-0.1, -0.05) is 6.07 Å². The van der Waals surface area contributed by atoms with Crippen LogP contribution in [0.1, 0.15) is 87.9 Å². The van der Waals surface area contributed by atoms with Gasteiger partial charge in [0.15, 0.2) is 0 Å². The smallest absolute Gasteiger partial charge is 0.433 e. The first-order valence-corrected chi connectivity index (χ1v) is 21.1. The number of fused-ring (bicyclic) bond motifs is 2. The Morgan fingerprint density at radius 3 is 2.31 bits per heavy atom. The van der Waals surface area contributed by atoms with E-state index in [0.717, 1.165) is 118 Å². The number of hydrogen-bond donors (Lipinski definition) is 2. The number of pyridine rings is 1. The summed E-state index contributed by atoms with van der Waals surface area (Å²) in [5.41, 5.74) is 0.893. The van der Waals surface area contributed by atoms with Crippen molar-refractivity contribution in [1.82, 2.24) is 39.9 Å². The molecule has 0 spiro atoms. The van der Waals surface area contributed by atoms with Gasteiger partial charge in [0.2, 0.25) is 5.91 Å². The van der Waals surface area contributed by atoms with Crippen molar-refractivity contribution in [1.29, 1.82) is 0 Å². The predicted octanol–water partition coefficient (Wildman–Crippen LogP) is 5.18. The summed E-state index contributed by atoms with van der Waals surface area (Å²) in [6, 6.07) is 11.8. The maximum absolute atomic E-state index is 13.3. The molecule has 16 nitrogen and oxygen atoms in total. The van der Waals surface area contributed by atoms with E-state index < -0.39 is 41.5 Å². The molecule has 326 valence electrons. The van der Waals surface area contributed by atoms with Crippen LogP contribution in [0.15, 0.2) is 54.7 Å². The van der Waals surface area contributed by atoms with E-state index in [-0.39, 0.29) is 35.8 Å². The Balaban J connectivity index is 0.730. The molecule has 3 saturated heterocycles. The van der Waals surface area contributed by atoms with Gasteiger partial charge in [-0.05, 0) is 80.8 Å². The first kappa shape index (κ1) is 41.3. The van der Waals surface area contributed by atoms with Gasteiger partial charge in [-0.2, -0.15) is 23.3 Å². The summed E-state index contributed by atoms with van der Waals surface area (Å²) < 4.78 is 47.1. The Morgan fingerprint density at radius 1 is 0.855 bits per heavy atom. The molecule has 4 aromatic rings. The van der Waals surface area contributed by atoms with E-state index in [4.69, 9.17) is 9.84 Å². The molecule has 1 saturated carbocycles. The van der Waals surface area contributed by atoms with Gasteiger partial charge in [0, 0.05) is 81.6 Å². The second-order valence-electron chi connectivity index (χ2n) is 16.7. The van der Waals surface area contributed by atoms with Gasteiger partial charge in [-0.15, -0.1) is 0 Å². The standard InChI is InChI=1S/C43H47F3N10O6/c1-62-36-23-34-27(21-35(36)48-39(58)33-3-2-4-37(47-33)43(44,45)46)25-54(50-34)29-7-5-26(6-8-29)24-51-17-19-53(20-18-51)28-11-14-52(15-12-28)30-9-10-31-32(22-30)41(60)56(40(31)59)55-16-13-38(57)49-42(55)61/h2-4,9-10,21-23,25-26,28-29H,5-8,11-20,24H2,1H3,(H,48,58)(H,49,57,61). The number of urea groups is 1. The first-order chi connectivity index (χ1) is 29.8.